The van der Waals surface area contributed by atoms with Crippen molar-refractivity contribution in [2.45, 2.75) is 0 Å². The van der Waals surface area contributed by atoms with E-state index < -0.39 is 0 Å². The summed E-state index contributed by atoms with van der Waals surface area (Å²) >= 11 is 12.0. The van der Waals surface area contributed by atoms with Crippen LogP contribution in [0.2, 0.25) is 10.0 Å². The SMILES string of the molecule is Oc1ccc(Cl)cc1C=Nc1ccccc1OCCOCCOCCOc1ccccc1N=Cc1cc(Cl)ccc1O. The highest BCUT2D eigenvalue weighted by Crippen LogP contribution is 2.29. The number of phenolic OH excluding ortho intramolecular Hbond substituents is 2. The minimum Gasteiger partial charge on any atom is -0.507 e. The van der Waals surface area contributed by atoms with Crippen LogP contribution in [0.25, 0.3) is 0 Å². The van der Waals surface area contributed by atoms with Crippen LogP contribution in [0.3, 0.4) is 0 Å². The van der Waals surface area contributed by atoms with Crippen molar-refractivity contribution in [2.75, 3.05) is 39.6 Å². The summed E-state index contributed by atoms with van der Waals surface area (Å²) < 4.78 is 22.9. The number of nitrogens with zero attached hydrogens (tertiary/aromatic N) is 2. The van der Waals surface area contributed by atoms with Crippen LogP contribution in [0.4, 0.5) is 11.4 Å². The number of para-hydroxylation sites is 4. The van der Waals surface area contributed by atoms with Gasteiger partial charge in [-0.25, -0.2) is 0 Å². The highest BCUT2D eigenvalue weighted by Gasteiger charge is 2.05. The average Bonchev–Trinajstić information content (AvgIpc) is 3.00. The van der Waals surface area contributed by atoms with Crippen LogP contribution < -0.4 is 9.47 Å². The third-order valence-corrected chi connectivity index (χ3v) is 6.21. The van der Waals surface area contributed by atoms with Gasteiger partial charge < -0.3 is 29.2 Å². The summed E-state index contributed by atoms with van der Waals surface area (Å²) in [7, 11) is 0. The highest BCUT2D eigenvalue weighted by atomic mass is 35.5. The molecular weight excluding hydrogens is 579 g/mol. The molecule has 42 heavy (non-hydrogen) atoms. The van der Waals surface area contributed by atoms with Crippen molar-refractivity contribution in [3.05, 3.63) is 106 Å². The number of halogens is 2. The zero-order valence-corrected chi connectivity index (χ0v) is 24.2. The van der Waals surface area contributed by atoms with E-state index in [0.29, 0.717) is 83.7 Å². The summed E-state index contributed by atoms with van der Waals surface area (Å²) in [4.78, 5) is 8.86. The normalized spacial score (nSPS) is 11.4. The van der Waals surface area contributed by atoms with Crippen molar-refractivity contribution in [1.29, 1.82) is 0 Å². The van der Waals surface area contributed by atoms with E-state index in [1.54, 1.807) is 36.7 Å². The van der Waals surface area contributed by atoms with E-state index in [1.165, 1.54) is 12.1 Å². The van der Waals surface area contributed by atoms with Crippen LogP contribution in [-0.2, 0) is 9.47 Å². The molecule has 0 aromatic heterocycles. The molecule has 4 aromatic carbocycles. The first-order valence-corrected chi connectivity index (χ1v) is 13.9. The number of phenols is 2. The lowest BCUT2D eigenvalue weighted by Crippen LogP contribution is -2.13. The fourth-order valence-corrected chi connectivity index (χ4v) is 4.01. The quantitative estimate of drug-likeness (QED) is 0.108. The number of ether oxygens (including phenoxy) is 4. The zero-order valence-electron chi connectivity index (χ0n) is 22.7. The van der Waals surface area contributed by atoms with Gasteiger partial charge in [0, 0.05) is 33.6 Å². The van der Waals surface area contributed by atoms with E-state index in [0.717, 1.165) is 0 Å². The van der Waals surface area contributed by atoms with E-state index in [4.69, 9.17) is 42.1 Å². The molecule has 0 unspecified atom stereocenters. The molecule has 0 saturated heterocycles. The van der Waals surface area contributed by atoms with Crippen LogP contribution in [0.5, 0.6) is 23.0 Å². The van der Waals surface area contributed by atoms with E-state index in [-0.39, 0.29) is 11.5 Å². The molecule has 0 aliphatic heterocycles. The first kappa shape index (κ1) is 30.9. The molecule has 8 nitrogen and oxygen atoms in total. The van der Waals surface area contributed by atoms with Gasteiger partial charge in [-0.2, -0.15) is 0 Å². The predicted octanol–water partition coefficient (Wildman–Crippen LogP) is 7.40. The molecule has 4 rings (SSSR count). The largest absolute Gasteiger partial charge is 0.507 e. The maximum Gasteiger partial charge on any atom is 0.145 e. The molecule has 0 atom stereocenters. The van der Waals surface area contributed by atoms with E-state index in [9.17, 15) is 10.2 Å². The maximum atomic E-state index is 9.98. The number of aliphatic imine (C=N–C) groups is 2. The van der Waals surface area contributed by atoms with Gasteiger partial charge in [0.05, 0.1) is 26.4 Å². The Kier molecular flexibility index (Phi) is 12.0. The monoisotopic (exact) mass is 608 g/mol. The number of benzene rings is 4. The Hall–Kier alpha value is -4.08. The van der Waals surface area contributed by atoms with E-state index in [2.05, 4.69) is 9.98 Å². The van der Waals surface area contributed by atoms with Crippen LogP contribution in [-0.4, -0.2) is 62.3 Å². The minimum atomic E-state index is 0.0922. The standard InChI is InChI=1S/C32H30Cl2N2O6/c33-25-9-11-29(37)23(19-25)21-35-27-5-1-3-7-31(27)41-17-15-39-13-14-40-16-18-42-32-8-4-2-6-28(32)36-22-24-20-26(34)10-12-30(24)38/h1-12,19-22,37-38H,13-18H2. The first-order valence-electron chi connectivity index (χ1n) is 13.1. The van der Waals surface area contributed by atoms with Gasteiger partial charge in [0.1, 0.15) is 47.6 Å². The molecule has 0 saturated carbocycles. The van der Waals surface area contributed by atoms with Crippen molar-refractivity contribution in [2.24, 2.45) is 9.98 Å². The predicted molar refractivity (Wildman–Crippen MR) is 166 cm³/mol. The number of hydrogen-bond donors (Lipinski definition) is 2. The van der Waals surface area contributed by atoms with Gasteiger partial charge in [0.15, 0.2) is 0 Å². The van der Waals surface area contributed by atoms with Crippen LogP contribution >= 0.6 is 23.2 Å². The molecule has 2 N–H and O–H groups in total. The van der Waals surface area contributed by atoms with Crippen LogP contribution in [0.1, 0.15) is 11.1 Å². The third kappa shape index (κ3) is 9.78. The zero-order chi connectivity index (χ0) is 29.6. The summed E-state index contributed by atoms with van der Waals surface area (Å²) in [6.45, 7) is 2.23. The van der Waals surface area contributed by atoms with Gasteiger partial charge in [-0.15, -0.1) is 0 Å². The van der Waals surface area contributed by atoms with Crippen molar-refractivity contribution < 1.29 is 29.2 Å². The van der Waals surface area contributed by atoms with Crippen LogP contribution in [0, 0.1) is 0 Å². The summed E-state index contributed by atoms with van der Waals surface area (Å²) in [5.41, 5.74) is 2.27. The number of hydrogen-bond acceptors (Lipinski definition) is 8. The molecular formula is C32H30Cl2N2O6. The Balaban J connectivity index is 1.12. The van der Waals surface area contributed by atoms with Gasteiger partial charge in [-0.05, 0) is 60.7 Å². The van der Waals surface area contributed by atoms with Crippen molar-refractivity contribution >= 4 is 47.0 Å². The van der Waals surface area contributed by atoms with Crippen molar-refractivity contribution in [3.63, 3.8) is 0 Å². The Morgan fingerprint density at radius 1 is 0.548 bits per heavy atom. The molecule has 0 aliphatic rings. The van der Waals surface area contributed by atoms with Gasteiger partial charge in [0.25, 0.3) is 0 Å². The van der Waals surface area contributed by atoms with Crippen LogP contribution in [0.15, 0.2) is 94.9 Å². The van der Waals surface area contributed by atoms with Gasteiger partial charge in [-0.1, -0.05) is 47.5 Å². The van der Waals surface area contributed by atoms with Gasteiger partial charge in [0.2, 0.25) is 0 Å². The Bertz CT molecular complexity index is 1400. The number of rotatable bonds is 15. The summed E-state index contributed by atoms with van der Waals surface area (Å²) in [5.74, 6) is 1.38. The molecule has 0 amide bonds. The Labute approximate surface area is 254 Å². The number of aromatic hydroxyl groups is 2. The molecule has 0 radical (unpaired) electrons. The molecule has 0 aliphatic carbocycles. The smallest absolute Gasteiger partial charge is 0.145 e. The van der Waals surface area contributed by atoms with Crippen molar-refractivity contribution in [1.82, 2.24) is 0 Å². The second-order valence-corrected chi connectivity index (χ2v) is 9.65. The topological polar surface area (TPSA) is 102 Å². The summed E-state index contributed by atoms with van der Waals surface area (Å²) in [6.07, 6.45) is 3.08. The summed E-state index contributed by atoms with van der Waals surface area (Å²) in [6, 6.07) is 24.2. The fourth-order valence-electron chi connectivity index (χ4n) is 3.65. The second kappa shape index (κ2) is 16.4. The lowest BCUT2D eigenvalue weighted by molar-refractivity contribution is 0.0275. The Morgan fingerprint density at radius 3 is 1.40 bits per heavy atom. The van der Waals surface area contributed by atoms with E-state index >= 15 is 0 Å². The second-order valence-electron chi connectivity index (χ2n) is 8.78. The van der Waals surface area contributed by atoms with Gasteiger partial charge >= 0.3 is 0 Å². The summed E-state index contributed by atoms with van der Waals surface area (Å²) in [5, 5.41) is 21.0. The molecule has 218 valence electrons. The first-order chi connectivity index (χ1) is 20.5. The molecule has 4 aromatic rings. The molecule has 10 heteroatoms. The average molecular weight is 610 g/mol. The minimum absolute atomic E-state index is 0.0922. The van der Waals surface area contributed by atoms with E-state index in [1.807, 2.05) is 48.5 Å². The fraction of sp³-hybridized carbons (Fsp3) is 0.188. The molecule has 0 spiro atoms. The lowest BCUT2D eigenvalue weighted by atomic mass is 10.2. The molecule has 0 fully saturated rings. The molecule has 0 heterocycles. The Morgan fingerprint density at radius 2 is 0.952 bits per heavy atom. The van der Waals surface area contributed by atoms with Crippen molar-refractivity contribution in [3.8, 4) is 23.0 Å². The highest BCUT2D eigenvalue weighted by molar-refractivity contribution is 6.31. The molecule has 0 bridgehead atoms. The van der Waals surface area contributed by atoms with Gasteiger partial charge in [-0.3, -0.25) is 9.98 Å². The third-order valence-electron chi connectivity index (χ3n) is 5.74. The maximum absolute atomic E-state index is 9.98. The lowest BCUT2D eigenvalue weighted by Gasteiger charge is -2.11.